The number of hydrogen-bond donors (Lipinski definition) is 1. The molecule has 0 aliphatic heterocycles. The Morgan fingerprint density at radius 2 is 2.00 bits per heavy atom. The van der Waals surface area contributed by atoms with Crippen molar-refractivity contribution in [3.8, 4) is 0 Å². The molecule has 2 aromatic rings. The summed E-state index contributed by atoms with van der Waals surface area (Å²) in [5.74, 6) is 0. The largest absolute Gasteiger partial charge is 0.399 e. The van der Waals surface area contributed by atoms with Crippen molar-refractivity contribution < 1.29 is 0 Å². The maximum absolute atomic E-state index is 5.78. The number of nitrogens with two attached hydrogens (primary N) is 1. The van der Waals surface area contributed by atoms with Gasteiger partial charge in [0, 0.05) is 28.8 Å². The van der Waals surface area contributed by atoms with Gasteiger partial charge in [0.2, 0.25) is 0 Å². The van der Waals surface area contributed by atoms with Gasteiger partial charge in [0.1, 0.15) is 0 Å². The van der Waals surface area contributed by atoms with Crippen LogP contribution in [0.4, 0.5) is 5.69 Å². The van der Waals surface area contributed by atoms with Crippen LogP contribution in [0.2, 0.25) is 0 Å². The SMILES string of the molecule is CCn1c(C)c(C)c2cc(N)ccc21. The lowest BCUT2D eigenvalue weighted by molar-refractivity contribution is 0.766. The zero-order valence-electron chi connectivity index (χ0n) is 8.96. The van der Waals surface area contributed by atoms with Gasteiger partial charge in [0.05, 0.1) is 0 Å². The Hall–Kier alpha value is -1.44. The second-order valence-electron chi connectivity index (χ2n) is 3.73. The Kier molecular flexibility index (Phi) is 1.99. The van der Waals surface area contributed by atoms with E-state index < -0.39 is 0 Å². The number of rotatable bonds is 1. The highest BCUT2D eigenvalue weighted by Crippen LogP contribution is 2.26. The van der Waals surface area contributed by atoms with Gasteiger partial charge in [-0.25, -0.2) is 0 Å². The smallest absolute Gasteiger partial charge is 0.0486 e. The summed E-state index contributed by atoms with van der Waals surface area (Å²) in [6.07, 6.45) is 0. The first-order valence-corrected chi connectivity index (χ1v) is 5.00. The van der Waals surface area contributed by atoms with E-state index >= 15 is 0 Å². The molecular formula is C12H16N2. The van der Waals surface area contributed by atoms with Crippen molar-refractivity contribution in [2.45, 2.75) is 27.3 Å². The van der Waals surface area contributed by atoms with Gasteiger partial charge in [-0.3, -0.25) is 0 Å². The lowest BCUT2D eigenvalue weighted by Crippen LogP contribution is -1.96. The van der Waals surface area contributed by atoms with E-state index in [2.05, 4.69) is 37.5 Å². The zero-order valence-corrected chi connectivity index (χ0v) is 8.96. The van der Waals surface area contributed by atoms with Crippen molar-refractivity contribution in [3.63, 3.8) is 0 Å². The molecular weight excluding hydrogens is 172 g/mol. The number of nitrogen functional groups attached to an aromatic ring is 1. The minimum Gasteiger partial charge on any atom is -0.399 e. The third-order valence-electron chi connectivity index (χ3n) is 2.98. The molecule has 2 heteroatoms. The van der Waals surface area contributed by atoms with Gasteiger partial charge >= 0.3 is 0 Å². The van der Waals surface area contributed by atoms with Crippen LogP contribution in [0.5, 0.6) is 0 Å². The van der Waals surface area contributed by atoms with Gasteiger partial charge in [-0.05, 0) is 44.5 Å². The Morgan fingerprint density at radius 3 is 2.64 bits per heavy atom. The standard InChI is InChI=1S/C12H16N2/c1-4-14-9(3)8(2)11-7-10(13)5-6-12(11)14/h5-7H,4,13H2,1-3H3. The van der Waals surface area contributed by atoms with Crippen molar-refractivity contribution in [1.29, 1.82) is 0 Å². The summed E-state index contributed by atoms with van der Waals surface area (Å²) >= 11 is 0. The van der Waals surface area contributed by atoms with E-state index in [1.807, 2.05) is 6.07 Å². The van der Waals surface area contributed by atoms with Crippen LogP contribution in [0, 0.1) is 13.8 Å². The summed E-state index contributed by atoms with van der Waals surface area (Å²) in [5, 5.41) is 1.28. The van der Waals surface area contributed by atoms with E-state index in [0.717, 1.165) is 12.2 Å². The zero-order chi connectivity index (χ0) is 10.3. The lowest BCUT2D eigenvalue weighted by Gasteiger charge is -2.03. The number of fused-ring (bicyclic) bond motifs is 1. The maximum atomic E-state index is 5.78. The molecule has 1 aromatic heterocycles. The number of aromatic nitrogens is 1. The number of aryl methyl sites for hydroxylation is 2. The Bertz CT molecular complexity index is 481. The van der Waals surface area contributed by atoms with E-state index in [4.69, 9.17) is 5.73 Å². The summed E-state index contributed by atoms with van der Waals surface area (Å²) in [6.45, 7) is 7.50. The summed E-state index contributed by atoms with van der Waals surface area (Å²) in [4.78, 5) is 0. The molecule has 0 radical (unpaired) electrons. The van der Waals surface area contributed by atoms with Gasteiger partial charge in [0.15, 0.2) is 0 Å². The Labute approximate surface area is 84.3 Å². The minimum atomic E-state index is 0.842. The second-order valence-corrected chi connectivity index (χ2v) is 3.73. The summed E-state index contributed by atoms with van der Waals surface area (Å²) < 4.78 is 2.32. The van der Waals surface area contributed by atoms with Crippen LogP contribution >= 0.6 is 0 Å². The first-order valence-electron chi connectivity index (χ1n) is 5.00. The van der Waals surface area contributed by atoms with Crippen LogP contribution < -0.4 is 5.73 Å². The van der Waals surface area contributed by atoms with Crippen molar-refractivity contribution in [3.05, 3.63) is 29.5 Å². The van der Waals surface area contributed by atoms with Crippen LogP contribution in [0.25, 0.3) is 10.9 Å². The molecule has 0 amide bonds. The van der Waals surface area contributed by atoms with Crippen LogP contribution in [0.3, 0.4) is 0 Å². The summed E-state index contributed by atoms with van der Waals surface area (Å²) in [6, 6.07) is 6.13. The molecule has 0 spiro atoms. The highest BCUT2D eigenvalue weighted by molar-refractivity contribution is 5.87. The van der Waals surface area contributed by atoms with Crippen LogP contribution in [0.15, 0.2) is 18.2 Å². The molecule has 2 rings (SSSR count). The topological polar surface area (TPSA) is 30.9 Å². The average Bonchev–Trinajstić information content (AvgIpc) is 2.41. The molecule has 0 fully saturated rings. The second kappa shape index (κ2) is 3.05. The van der Waals surface area contributed by atoms with E-state index in [1.165, 1.54) is 22.2 Å². The van der Waals surface area contributed by atoms with Crippen molar-refractivity contribution >= 4 is 16.6 Å². The third kappa shape index (κ3) is 1.10. The first kappa shape index (κ1) is 9.13. The van der Waals surface area contributed by atoms with Gasteiger partial charge in [0.25, 0.3) is 0 Å². The van der Waals surface area contributed by atoms with Gasteiger partial charge < -0.3 is 10.3 Å². The van der Waals surface area contributed by atoms with Gasteiger partial charge in [-0.15, -0.1) is 0 Å². The number of hydrogen-bond acceptors (Lipinski definition) is 1. The molecule has 1 heterocycles. The molecule has 0 saturated carbocycles. The van der Waals surface area contributed by atoms with Crippen molar-refractivity contribution in [2.24, 2.45) is 0 Å². The van der Waals surface area contributed by atoms with E-state index in [-0.39, 0.29) is 0 Å². The number of anilines is 1. The lowest BCUT2D eigenvalue weighted by atomic mass is 10.1. The molecule has 14 heavy (non-hydrogen) atoms. The highest BCUT2D eigenvalue weighted by Gasteiger charge is 2.08. The van der Waals surface area contributed by atoms with E-state index in [9.17, 15) is 0 Å². The number of nitrogens with zero attached hydrogens (tertiary/aromatic N) is 1. The fraction of sp³-hybridized carbons (Fsp3) is 0.333. The molecule has 74 valence electrons. The molecule has 0 atom stereocenters. The van der Waals surface area contributed by atoms with E-state index in [0.29, 0.717) is 0 Å². The fourth-order valence-electron chi connectivity index (χ4n) is 2.07. The maximum Gasteiger partial charge on any atom is 0.0486 e. The summed E-state index contributed by atoms with van der Waals surface area (Å²) in [5.41, 5.74) is 10.6. The highest BCUT2D eigenvalue weighted by atomic mass is 15.0. The predicted molar refractivity (Wildman–Crippen MR) is 61.5 cm³/mol. The molecule has 1 aromatic carbocycles. The monoisotopic (exact) mass is 188 g/mol. The summed E-state index contributed by atoms with van der Waals surface area (Å²) in [7, 11) is 0. The average molecular weight is 188 g/mol. The van der Waals surface area contributed by atoms with Crippen molar-refractivity contribution in [2.75, 3.05) is 5.73 Å². The molecule has 0 aliphatic rings. The predicted octanol–water partition coefficient (Wildman–Crippen LogP) is 2.86. The molecule has 0 aliphatic carbocycles. The number of benzene rings is 1. The first-order chi connectivity index (χ1) is 6.65. The quantitative estimate of drug-likeness (QED) is 0.685. The Morgan fingerprint density at radius 1 is 1.29 bits per heavy atom. The fourth-order valence-corrected chi connectivity index (χ4v) is 2.07. The molecule has 0 saturated heterocycles. The third-order valence-corrected chi connectivity index (χ3v) is 2.98. The molecule has 0 unspecified atom stereocenters. The van der Waals surface area contributed by atoms with Crippen molar-refractivity contribution in [1.82, 2.24) is 4.57 Å². The van der Waals surface area contributed by atoms with Crippen LogP contribution in [0.1, 0.15) is 18.2 Å². The normalized spacial score (nSPS) is 11.1. The van der Waals surface area contributed by atoms with Crippen LogP contribution in [-0.2, 0) is 6.54 Å². The van der Waals surface area contributed by atoms with Crippen LogP contribution in [-0.4, -0.2) is 4.57 Å². The molecule has 2 nitrogen and oxygen atoms in total. The Balaban J connectivity index is 2.88. The van der Waals surface area contributed by atoms with Gasteiger partial charge in [-0.2, -0.15) is 0 Å². The molecule has 2 N–H and O–H groups in total. The van der Waals surface area contributed by atoms with Gasteiger partial charge in [-0.1, -0.05) is 0 Å². The minimum absolute atomic E-state index is 0.842. The molecule has 0 bridgehead atoms. The van der Waals surface area contributed by atoms with E-state index in [1.54, 1.807) is 0 Å².